The fraction of sp³-hybridized carbons (Fsp3) is 0.417. The lowest BCUT2D eigenvalue weighted by molar-refractivity contribution is 0.343. The molecule has 1 saturated heterocycles. The molecule has 2 N–H and O–H groups in total. The first kappa shape index (κ1) is 12.5. The van der Waals surface area contributed by atoms with Gasteiger partial charge in [0.25, 0.3) is 0 Å². The topological polar surface area (TPSA) is 66.6 Å². The maximum Gasteiger partial charge on any atom is 0.226 e. The van der Waals surface area contributed by atoms with Gasteiger partial charge in [-0.1, -0.05) is 6.58 Å². The molecule has 18 heavy (non-hydrogen) atoms. The van der Waals surface area contributed by atoms with E-state index in [0.29, 0.717) is 12.0 Å². The molecule has 1 aliphatic heterocycles. The van der Waals surface area contributed by atoms with Crippen molar-refractivity contribution in [3.8, 4) is 0 Å². The number of nitrogens with one attached hydrogen (secondary N) is 2. The van der Waals surface area contributed by atoms with E-state index in [2.05, 4.69) is 39.0 Å². The minimum atomic E-state index is 0.426. The summed E-state index contributed by atoms with van der Waals surface area (Å²) >= 11 is 0. The van der Waals surface area contributed by atoms with Gasteiger partial charge in [0.2, 0.25) is 5.96 Å². The Bertz CT molecular complexity index is 441. The first-order valence-electron chi connectivity index (χ1n) is 6.01. The molecule has 0 bridgehead atoms. The summed E-state index contributed by atoms with van der Waals surface area (Å²) in [7, 11) is 0. The number of rotatable bonds is 3. The van der Waals surface area contributed by atoms with Crippen molar-refractivity contribution in [2.24, 2.45) is 9.98 Å². The van der Waals surface area contributed by atoms with Gasteiger partial charge in [0.1, 0.15) is 0 Å². The molecule has 6 heteroatoms. The molecule has 6 nitrogen and oxygen atoms in total. The third-order valence-corrected chi connectivity index (χ3v) is 2.90. The van der Waals surface area contributed by atoms with Gasteiger partial charge in [-0.05, 0) is 32.6 Å². The zero-order valence-corrected chi connectivity index (χ0v) is 10.3. The number of hydrogen-bond donors (Lipinski definition) is 2. The second-order valence-corrected chi connectivity index (χ2v) is 4.11. The van der Waals surface area contributed by atoms with Gasteiger partial charge in [0.05, 0.1) is 17.9 Å². The van der Waals surface area contributed by atoms with E-state index in [4.69, 9.17) is 0 Å². The smallest absolute Gasteiger partial charge is 0.226 e. The van der Waals surface area contributed by atoms with Crippen molar-refractivity contribution in [3.63, 3.8) is 0 Å². The molecule has 1 aromatic rings. The summed E-state index contributed by atoms with van der Waals surface area (Å²) < 4.78 is 2.00. The Morgan fingerprint density at radius 3 is 3.00 bits per heavy atom. The van der Waals surface area contributed by atoms with Crippen LogP contribution in [0.25, 0.3) is 0 Å². The molecule has 0 amide bonds. The summed E-state index contributed by atoms with van der Waals surface area (Å²) in [6, 6.07) is 0.471. The average Bonchev–Trinajstić information content (AvgIpc) is 2.88. The van der Waals surface area contributed by atoms with Crippen molar-refractivity contribution in [3.05, 3.63) is 25.2 Å². The monoisotopic (exact) mass is 246 g/mol. The highest BCUT2D eigenvalue weighted by atomic mass is 15.3. The van der Waals surface area contributed by atoms with Gasteiger partial charge in [-0.3, -0.25) is 4.68 Å². The van der Waals surface area contributed by atoms with Crippen molar-refractivity contribution in [2.45, 2.75) is 18.9 Å². The highest BCUT2D eigenvalue weighted by Crippen LogP contribution is 2.19. The van der Waals surface area contributed by atoms with E-state index in [1.165, 1.54) is 6.20 Å². The number of guanidine groups is 1. The largest absolute Gasteiger partial charge is 0.322 e. The van der Waals surface area contributed by atoms with Gasteiger partial charge < -0.3 is 10.6 Å². The summed E-state index contributed by atoms with van der Waals surface area (Å²) in [5.41, 5.74) is 0.863. The van der Waals surface area contributed by atoms with Crippen LogP contribution in [-0.2, 0) is 0 Å². The van der Waals surface area contributed by atoms with Crippen molar-refractivity contribution < 1.29 is 0 Å². The van der Waals surface area contributed by atoms with Crippen LogP contribution in [0.2, 0.25) is 0 Å². The molecule has 0 aromatic carbocycles. The highest BCUT2D eigenvalue weighted by molar-refractivity contribution is 5.96. The molecular formula is C12H18N6. The third-order valence-electron chi connectivity index (χ3n) is 2.90. The van der Waals surface area contributed by atoms with Gasteiger partial charge in [-0.15, -0.1) is 0 Å². The van der Waals surface area contributed by atoms with Crippen LogP contribution in [0.3, 0.4) is 0 Å². The average molecular weight is 246 g/mol. The fourth-order valence-corrected chi connectivity index (χ4v) is 2.00. The van der Waals surface area contributed by atoms with Crippen molar-refractivity contribution in [1.29, 1.82) is 0 Å². The van der Waals surface area contributed by atoms with E-state index in [-0.39, 0.29) is 0 Å². The van der Waals surface area contributed by atoms with Crippen LogP contribution < -0.4 is 10.6 Å². The normalized spacial score (nSPS) is 17.4. The second-order valence-electron chi connectivity index (χ2n) is 4.11. The van der Waals surface area contributed by atoms with Crippen molar-refractivity contribution in [2.75, 3.05) is 18.4 Å². The number of anilines is 1. The molecule has 0 atom stereocenters. The SMILES string of the molecule is C=CN=C(N=C)Nc1cnn(C2CCNCC2)c1. The number of nitrogens with zero attached hydrogens (tertiary/aromatic N) is 4. The number of piperidine rings is 1. The summed E-state index contributed by atoms with van der Waals surface area (Å²) in [6.07, 6.45) is 7.38. The van der Waals surface area contributed by atoms with Gasteiger partial charge in [0, 0.05) is 12.4 Å². The van der Waals surface area contributed by atoms with Crippen LogP contribution in [0.15, 0.2) is 35.2 Å². The molecule has 1 aromatic heterocycles. The molecule has 0 spiro atoms. The van der Waals surface area contributed by atoms with Gasteiger partial charge in [0.15, 0.2) is 0 Å². The number of aromatic nitrogens is 2. The maximum atomic E-state index is 4.37. The van der Waals surface area contributed by atoms with E-state index >= 15 is 0 Å². The molecule has 0 radical (unpaired) electrons. The van der Waals surface area contributed by atoms with Gasteiger partial charge in [-0.2, -0.15) is 5.10 Å². The molecule has 2 rings (SSSR count). The minimum Gasteiger partial charge on any atom is -0.322 e. The zero-order valence-electron chi connectivity index (χ0n) is 10.3. The summed E-state index contributed by atoms with van der Waals surface area (Å²) in [5, 5.41) is 10.7. The van der Waals surface area contributed by atoms with Gasteiger partial charge >= 0.3 is 0 Å². The molecule has 96 valence electrons. The molecule has 0 unspecified atom stereocenters. The Hall–Kier alpha value is -1.95. The lowest BCUT2D eigenvalue weighted by Gasteiger charge is -2.22. The van der Waals surface area contributed by atoms with Crippen LogP contribution in [-0.4, -0.2) is 35.5 Å². The fourth-order valence-electron chi connectivity index (χ4n) is 2.00. The van der Waals surface area contributed by atoms with E-state index in [0.717, 1.165) is 31.6 Å². The first-order chi connectivity index (χ1) is 8.83. The van der Waals surface area contributed by atoms with E-state index in [1.807, 2.05) is 10.9 Å². The molecule has 0 saturated carbocycles. The van der Waals surface area contributed by atoms with Crippen LogP contribution in [0, 0.1) is 0 Å². The van der Waals surface area contributed by atoms with Gasteiger partial charge in [-0.25, -0.2) is 9.98 Å². The Balaban J connectivity index is 2.03. The van der Waals surface area contributed by atoms with Crippen molar-refractivity contribution in [1.82, 2.24) is 15.1 Å². The van der Waals surface area contributed by atoms with Crippen LogP contribution in [0.4, 0.5) is 5.69 Å². The summed E-state index contributed by atoms with van der Waals surface area (Å²) in [5.74, 6) is 0.426. The second kappa shape index (κ2) is 6.11. The van der Waals surface area contributed by atoms with E-state index in [9.17, 15) is 0 Å². The Morgan fingerprint density at radius 2 is 2.33 bits per heavy atom. The zero-order chi connectivity index (χ0) is 12.8. The predicted molar refractivity (Wildman–Crippen MR) is 74.2 cm³/mol. The lowest BCUT2D eigenvalue weighted by Crippen LogP contribution is -2.29. The molecular weight excluding hydrogens is 228 g/mol. The van der Waals surface area contributed by atoms with Crippen molar-refractivity contribution >= 4 is 18.4 Å². The number of aliphatic imine (C=N–C) groups is 2. The first-order valence-corrected chi connectivity index (χ1v) is 6.01. The number of hydrogen-bond acceptors (Lipinski definition) is 3. The Kier molecular flexibility index (Phi) is 4.25. The maximum absolute atomic E-state index is 4.37. The van der Waals surface area contributed by atoms with E-state index in [1.54, 1.807) is 6.20 Å². The minimum absolute atomic E-state index is 0.426. The van der Waals surface area contributed by atoms with Crippen LogP contribution >= 0.6 is 0 Å². The predicted octanol–water partition coefficient (Wildman–Crippen LogP) is 1.42. The lowest BCUT2D eigenvalue weighted by atomic mass is 10.1. The highest BCUT2D eigenvalue weighted by Gasteiger charge is 2.15. The van der Waals surface area contributed by atoms with Crippen LogP contribution in [0.5, 0.6) is 0 Å². The molecule has 1 fully saturated rings. The summed E-state index contributed by atoms with van der Waals surface area (Å²) in [6.45, 7) is 9.06. The third kappa shape index (κ3) is 3.04. The van der Waals surface area contributed by atoms with E-state index < -0.39 is 0 Å². The molecule has 0 aliphatic carbocycles. The summed E-state index contributed by atoms with van der Waals surface area (Å²) in [4.78, 5) is 7.72. The Labute approximate surface area is 107 Å². The standard InChI is InChI=1S/C12H18N6/c1-3-15-12(13-2)17-10-8-16-18(9-10)11-4-6-14-7-5-11/h3,8-9,11,14H,1-2,4-7H2,(H,15,17). The quantitative estimate of drug-likeness (QED) is 0.626. The Morgan fingerprint density at radius 1 is 1.56 bits per heavy atom. The molecule has 2 heterocycles. The molecule has 1 aliphatic rings. The van der Waals surface area contributed by atoms with Crippen LogP contribution in [0.1, 0.15) is 18.9 Å².